The van der Waals surface area contributed by atoms with Crippen molar-refractivity contribution in [2.75, 3.05) is 33.6 Å². The predicted octanol–water partition coefficient (Wildman–Crippen LogP) is 4.38. The number of hydrogen-bond acceptors (Lipinski definition) is 4. The molecular weight excluding hydrogens is 354 g/mol. The van der Waals surface area contributed by atoms with Gasteiger partial charge in [-0.3, -0.25) is 4.79 Å². The van der Waals surface area contributed by atoms with E-state index in [-0.39, 0.29) is 12.7 Å². The lowest BCUT2D eigenvalue weighted by molar-refractivity contribution is 0.0491. The van der Waals surface area contributed by atoms with Crippen molar-refractivity contribution in [2.45, 2.75) is 20.5 Å². The first kappa shape index (κ1) is 21.7. The fourth-order valence-corrected chi connectivity index (χ4v) is 2.90. The molecule has 0 aliphatic rings. The summed E-state index contributed by atoms with van der Waals surface area (Å²) in [5.41, 5.74) is 3.05. The Bertz CT molecular complexity index is 769. The zero-order chi connectivity index (χ0) is 20.4. The van der Waals surface area contributed by atoms with E-state index in [9.17, 15) is 4.79 Å². The lowest BCUT2D eigenvalue weighted by Crippen LogP contribution is -2.31. The van der Waals surface area contributed by atoms with Crippen LogP contribution in [0.15, 0.2) is 55.1 Å². The molecule has 2 aromatic rings. The van der Waals surface area contributed by atoms with E-state index in [0.29, 0.717) is 37.6 Å². The molecule has 5 nitrogen and oxygen atoms in total. The van der Waals surface area contributed by atoms with Crippen LogP contribution in [-0.4, -0.2) is 44.4 Å². The van der Waals surface area contributed by atoms with Gasteiger partial charge in [0.05, 0.1) is 18.8 Å². The normalized spacial score (nSPS) is 10.5. The number of ether oxygens (including phenoxy) is 3. The van der Waals surface area contributed by atoms with Crippen LogP contribution in [0.25, 0.3) is 5.57 Å². The molecular formula is C23H29NO4. The van der Waals surface area contributed by atoms with Gasteiger partial charge >= 0.3 is 0 Å². The van der Waals surface area contributed by atoms with Gasteiger partial charge in [0.25, 0.3) is 5.91 Å². The monoisotopic (exact) mass is 383 g/mol. The quantitative estimate of drug-likeness (QED) is 0.540. The van der Waals surface area contributed by atoms with E-state index in [1.54, 1.807) is 18.1 Å². The minimum Gasteiger partial charge on any atom is -0.467 e. The number of amides is 1. The molecule has 0 spiro atoms. The molecule has 5 heteroatoms. The third-order valence-electron chi connectivity index (χ3n) is 4.39. The Labute approximate surface area is 167 Å². The Morgan fingerprint density at radius 3 is 2.39 bits per heavy atom. The molecule has 0 saturated heterocycles. The Hall–Kier alpha value is -2.63. The highest BCUT2D eigenvalue weighted by molar-refractivity contribution is 6.01. The van der Waals surface area contributed by atoms with Crippen molar-refractivity contribution < 1.29 is 19.0 Å². The number of nitrogens with zero attached hydrogens (tertiary/aromatic N) is 1. The number of carbonyl (C=O) groups excluding carboxylic acids is 1. The van der Waals surface area contributed by atoms with Gasteiger partial charge in [-0.05, 0) is 36.6 Å². The van der Waals surface area contributed by atoms with E-state index < -0.39 is 0 Å². The van der Waals surface area contributed by atoms with Crippen molar-refractivity contribution >= 4 is 11.5 Å². The van der Waals surface area contributed by atoms with Gasteiger partial charge < -0.3 is 19.1 Å². The Kier molecular flexibility index (Phi) is 8.72. The van der Waals surface area contributed by atoms with Crippen LogP contribution in [0.2, 0.25) is 0 Å². The molecule has 0 aliphatic heterocycles. The summed E-state index contributed by atoms with van der Waals surface area (Å²) < 4.78 is 16.5. The van der Waals surface area contributed by atoms with Gasteiger partial charge in [0, 0.05) is 20.2 Å². The molecule has 0 radical (unpaired) electrons. The standard InChI is InChI=1S/C23H29NO4/c1-5-24(6-2)23(25)22-20(13-10-14-21(22)28-17-26-4)18(3)15-27-16-19-11-8-7-9-12-19/h7-14H,3,5-6,15-17H2,1-2,4H3. The summed E-state index contributed by atoms with van der Waals surface area (Å²) >= 11 is 0. The minimum atomic E-state index is -0.0871. The molecule has 2 rings (SSSR count). The molecule has 0 unspecified atom stereocenters. The van der Waals surface area contributed by atoms with Crippen LogP contribution >= 0.6 is 0 Å². The molecule has 0 fully saturated rings. The topological polar surface area (TPSA) is 48.0 Å². The second-order valence-corrected chi connectivity index (χ2v) is 6.29. The van der Waals surface area contributed by atoms with Crippen LogP contribution in [0.3, 0.4) is 0 Å². The fourth-order valence-electron chi connectivity index (χ4n) is 2.90. The highest BCUT2D eigenvalue weighted by Crippen LogP contribution is 2.29. The molecule has 1 amide bonds. The Morgan fingerprint density at radius 1 is 1.04 bits per heavy atom. The molecule has 0 atom stereocenters. The van der Waals surface area contributed by atoms with Crippen LogP contribution < -0.4 is 4.74 Å². The molecule has 28 heavy (non-hydrogen) atoms. The Morgan fingerprint density at radius 2 is 1.75 bits per heavy atom. The summed E-state index contributed by atoms with van der Waals surface area (Å²) in [5.74, 6) is 0.399. The SMILES string of the molecule is C=C(COCc1ccccc1)c1cccc(OCOC)c1C(=O)N(CC)CC. The summed E-state index contributed by atoms with van der Waals surface area (Å²) in [6.07, 6.45) is 0. The van der Waals surface area contributed by atoms with Gasteiger partial charge in [-0.15, -0.1) is 0 Å². The van der Waals surface area contributed by atoms with Crippen molar-refractivity contribution in [3.8, 4) is 5.75 Å². The van der Waals surface area contributed by atoms with Gasteiger partial charge in [-0.25, -0.2) is 0 Å². The lowest BCUT2D eigenvalue weighted by Gasteiger charge is -2.23. The third-order valence-corrected chi connectivity index (χ3v) is 4.39. The van der Waals surface area contributed by atoms with E-state index >= 15 is 0 Å². The van der Waals surface area contributed by atoms with Crippen LogP contribution in [0.1, 0.15) is 35.3 Å². The van der Waals surface area contributed by atoms with Crippen molar-refractivity contribution in [3.63, 3.8) is 0 Å². The number of methoxy groups -OCH3 is 1. The van der Waals surface area contributed by atoms with Gasteiger partial charge in [-0.2, -0.15) is 0 Å². The highest BCUT2D eigenvalue weighted by Gasteiger charge is 2.23. The van der Waals surface area contributed by atoms with Crippen molar-refractivity contribution in [2.24, 2.45) is 0 Å². The largest absolute Gasteiger partial charge is 0.467 e. The number of benzene rings is 2. The first-order valence-electron chi connectivity index (χ1n) is 9.46. The average molecular weight is 383 g/mol. The Balaban J connectivity index is 2.23. The first-order chi connectivity index (χ1) is 13.6. The molecule has 0 N–H and O–H groups in total. The number of hydrogen-bond donors (Lipinski definition) is 0. The predicted molar refractivity (Wildman–Crippen MR) is 111 cm³/mol. The van der Waals surface area contributed by atoms with Crippen LogP contribution in [0.5, 0.6) is 5.75 Å². The zero-order valence-corrected chi connectivity index (χ0v) is 16.9. The van der Waals surface area contributed by atoms with Crippen LogP contribution in [-0.2, 0) is 16.1 Å². The molecule has 0 bridgehead atoms. The molecule has 150 valence electrons. The zero-order valence-electron chi connectivity index (χ0n) is 16.9. The van der Waals surface area contributed by atoms with Crippen molar-refractivity contribution in [3.05, 3.63) is 71.8 Å². The summed E-state index contributed by atoms with van der Waals surface area (Å²) in [7, 11) is 1.55. The summed E-state index contributed by atoms with van der Waals surface area (Å²) in [5, 5.41) is 0. The highest BCUT2D eigenvalue weighted by atomic mass is 16.7. The van der Waals surface area contributed by atoms with Gasteiger partial charge in [0.2, 0.25) is 0 Å². The maximum atomic E-state index is 13.1. The average Bonchev–Trinajstić information content (AvgIpc) is 2.73. The molecule has 2 aromatic carbocycles. The van der Waals surface area contributed by atoms with Crippen LogP contribution in [0, 0.1) is 0 Å². The van der Waals surface area contributed by atoms with Crippen molar-refractivity contribution in [1.82, 2.24) is 4.90 Å². The fraction of sp³-hybridized carbons (Fsp3) is 0.348. The van der Waals surface area contributed by atoms with E-state index in [0.717, 1.165) is 16.7 Å². The first-order valence-corrected chi connectivity index (χ1v) is 9.46. The van der Waals surface area contributed by atoms with E-state index in [2.05, 4.69) is 6.58 Å². The van der Waals surface area contributed by atoms with Gasteiger partial charge in [0.1, 0.15) is 5.75 Å². The second kappa shape index (κ2) is 11.3. The molecule has 0 aromatic heterocycles. The van der Waals surface area contributed by atoms with E-state index in [1.165, 1.54) is 0 Å². The summed E-state index contributed by atoms with van der Waals surface area (Å²) in [6.45, 7) is 10.2. The second-order valence-electron chi connectivity index (χ2n) is 6.29. The third kappa shape index (κ3) is 5.68. The summed E-state index contributed by atoms with van der Waals surface area (Å²) in [4.78, 5) is 14.9. The van der Waals surface area contributed by atoms with Crippen molar-refractivity contribution in [1.29, 1.82) is 0 Å². The molecule has 0 saturated carbocycles. The molecule has 0 heterocycles. The van der Waals surface area contributed by atoms with E-state index in [1.807, 2.05) is 56.3 Å². The molecule has 0 aliphatic carbocycles. The lowest BCUT2D eigenvalue weighted by atomic mass is 9.99. The summed E-state index contributed by atoms with van der Waals surface area (Å²) in [6, 6.07) is 15.5. The van der Waals surface area contributed by atoms with E-state index in [4.69, 9.17) is 14.2 Å². The van der Waals surface area contributed by atoms with Gasteiger partial charge in [-0.1, -0.05) is 49.0 Å². The maximum Gasteiger partial charge on any atom is 0.258 e. The maximum absolute atomic E-state index is 13.1. The minimum absolute atomic E-state index is 0.0684. The number of rotatable bonds is 11. The van der Waals surface area contributed by atoms with Gasteiger partial charge in [0.15, 0.2) is 6.79 Å². The van der Waals surface area contributed by atoms with Crippen LogP contribution in [0.4, 0.5) is 0 Å². The number of carbonyl (C=O) groups is 1. The smallest absolute Gasteiger partial charge is 0.258 e.